The second kappa shape index (κ2) is 7.00. The van der Waals surface area contributed by atoms with E-state index >= 15 is 0 Å². The summed E-state index contributed by atoms with van der Waals surface area (Å²) in [4.78, 5) is 16.6. The number of para-hydroxylation sites is 1. The molecule has 0 fully saturated rings. The van der Waals surface area contributed by atoms with Crippen LogP contribution in [0.2, 0.25) is 0 Å². The molecule has 0 bridgehead atoms. The first-order valence-corrected chi connectivity index (χ1v) is 8.18. The van der Waals surface area contributed by atoms with E-state index in [2.05, 4.69) is 35.5 Å². The lowest BCUT2D eigenvalue weighted by molar-refractivity contribution is -0.123. The zero-order chi connectivity index (χ0) is 15.4. The van der Waals surface area contributed by atoms with Gasteiger partial charge in [0.2, 0.25) is 5.91 Å². The lowest BCUT2D eigenvalue weighted by atomic mass is 10.2. The molecule has 21 heavy (non-hydrogen) atoms. The summed E-state index contributed by atoms with van der Waals surface area (Å²) < 4.78 is 1.18. The Labute approximate surface area is 130 Å². The van der Waals surface area contributed by atoms with Gasteiger partial charge in [-0.3, -0.25) is 10.1 Å². The molecule has 1 aromatic carbocycles. The van der Waals surface area contributed by atoms with E-state index in [-0.39, 0.29) is 18.0 Å². The van der Waals surface area contributed by atoms with E-state index < -0.39 is 0 Å². The van der Waals surface area contributed by atoms with Crippen molar-refractivity contribution < 1.29 is 4.79 Å². The Morgan fingerprint density at radius 1 is 1.24 bits per heavy atom. The fourth-order valence-corrected chi connectivity index (χ4v) is 3.03. The maximum atomic E-state index is 12.0. The molecule has 0 spiro atoms. The molecule has 114 valence electrons. The van der Waals surface area contributed by atoms with Crippen LogP contribution in [0.5, 0.6) is 0 Å². The average molecular weight is 305 g/mol. The van der Waals surface area contributed by atoms with Gasteiger partial charge in [0, 0.05) is 6.54 Å². The van der Waals surface area contributed by atoms with Gasteiger partial charge in [0.05, 0.1) is 22.3 Å². The average Bonchev–Trinajstić information content (AvgIpc) is 2.88. The third kappa shape index (κ3) is 4.25. The molecule has 2 unspecified atom stereocenters. The molecular weight excluding hydrogens is 282 g/mol. The molecule has 2 N–H and O–H groups in total. The van der Waals surface area contributed by atoms with E-state index in [9.17, 15) is 4.79 Å². The Kier molecular flexibility index (Phi) is 5.31. The number of hydrogen-bond acceptors (Lipinski definition) is 4. The highest BCUT2D eigenvalue weighted by Gasteiger charge is 2.18. The molecular formula is C16H23N3OS. The molecule has 0 saturated heterocycles. The third-order valence-electron chi connectivity index (χ3n) is 3.26. The molecule has 1 aromatic heterocycles. The number of hydrogen-bond donors (Lipinski definition) is 2. The largest absolute Gasteiger partial charge is 0.354 e. The van der Waals surface area contributed by atoms with Crippen molar-refractivity contribution in [2.75, 3.05) is 6.54 Å². The summed E-state index contributed by atoms with van der Waals surface area (Å²) >= 11 is 1.67. The van der Waals surface area contributed by atoms with Gasteiger partial charge < -0.3 is 5.32 Å². The lowest BCUT2D eigenvalue weighted by Crippen LogP contribution is -2.44. The number of aromatic nitrogens is 1. The number of carbonyl (C=O) groups excluding carboxylic acids is 1. The van der Waals surface area contributed by atoms with E-state index in [1.807, 2.05) is 32.0 Å². The molecule has 2 atom stereocenters. The molecule has 0 saturated carbocycles. The van der Waals surface area contributed by atoms with E-state index in [0.29, 0.717) is 12.5 Å². The van der Waals surface area contributed by atoms with Crippen LogP contribution in [0.3, 0.4) is 0 Å². The van der Waals surface area contributed by atoms with Crippen molar-refractivity contribution in [3.63, 3.8) is 0 Å². The second-order valence-corrected chi connectivity index (χ2v) is 6.83. The Hall–Kier alpha value is -1.46. The van der Waals surface area contributed by atoms with Gasteiger partial charge >= 0.3 is 0 Å². The molecule has 4 nitrogen and oxygen atoms in total. The summed E-state index contributed by atoms with van der Waals surface area (Å²) in [5.74, 6) is 0.500. The quantitative estimate of drug-likeness (QED) is 0.862. The Bertz CT molecular complexity index is 575. The van der Waals surface area contributed by atoms with Gasteiger partial charge in [-0.25, -0.2) is 4.98 Å². The van der Waals surface area contributed by atoms with Crippen molar-refractivity contribution >= 4 is 27.5 Å². The van der Waals surface area contributed by atoms with E-state index in [4.69, 9.17) is 0 Å². The standard InChI is InChI=1S/C16H23N3OS/c1-10(2)9-17-15(20)11(3)18-12(4)16-19-13-7-5-6-8-14(13)21-16/h5-8,10-12,18H,9H2,1-4H3,(H,17,20). The van der Waals surface area contributed by atoms with Gasteiger partial charge in [-0.05, 0) is 31.9 Å². The van der Waals surface area contributed by atoms with Crippen LogP contribution in [-0.2, 0) is 4.79 Å². The lowest BCUT2D eigenvalue weighted by Gasteiger charge is -2.18. The van der Waals surface area contributed by atoms with Crippen LogP contribution in [0.1, 0.15) is 38.7 Å². The van der Waals surface area contributed by atoms with Crippen LogP contribution in [0.4, 0.5) is 0 Å². The van der Waals surface area contributed by atoms with Gasteiger partial charge in [-0.1, -0.05) is 26.0 Å². The first kappa shape index (κ1) is 15.9. The van der Waals surface area contributed by atoms with Crippen molar-refractivity contribution in [3.8, 4) is 0 Å². The number of nitrogens with one attached hydrogen (secondary N) is 2. The molecule has 2 rings (SSSR count). The van der Waals surface area contributed by atoms with Gasteiger partial charge in [0.25, 0.3) is 0 Å². The van der Waals surface area contributed by atoms with Crippen molar-refractivity contribution in [2.24, 2.45) is 5.92 Å². The molecule has 5 heteroatoms. The van der Waals surface area contributed by atoms with Crippen LogP contribution in [0, 0.1) is 5.92 Å². The van der Waals surface area contributed by atoms with Crippen molar-refractivity contribution in [1.29, 1.82) is 0 Å². The van der Waals surface area contributed by atoms with Crippen molar-refractivity contribution in [2.45, 2.75) is 39.8 Å². The Balaban J connectivity index is 1.96. The fraction of sp³-hybridized carbons (Fsp3) is 0.500. The Morgan fingerprint density at radius 2 is 1.95 bits per heavy atom. The molecule has 0 aliphatic heterocycles. The number of fused-ring (bicyclic) bond motifs is 1. The van der Waals surface area contributed by atoms with E-state index in [1.54, 1.807) is 11.3 Å². The normalized spacial score (nSPS) is 14.3. The first-order valence-electron chi connectivity index (χ1n) is 7.36. The minimum atomic E-state index is -0.231. The molecule has 0 radical (unpaired) electrons. The number of nitrogens with zero attached hydrogens (tertiary/aromatic N) is 1. The van der Waals surface area contributed by atoms with Crippen LogP contribution in [0.25, 0.3) is 10.2 Å². The minimum absolute atomic E-state index is 0.0386. The summed E-state index contributed by atoms with van der Waals surface area (Å²) in [6.07, 6.45) is 0. The second-order valence-electron chi connectivity index (χ2n) is 5.77. The maximum Gasteiger partial charge on any atom is 0.236 e. The Morgan fingerprint density at radius 3 is 2.62 bits per heavy atom. The third-order valence-corrected chi connectivity index (χ3v) is 4.48. The van der Waals surface area contributed by atoms with Gasteiger partial charge in [0.15, 0.2) is 0 Å². The molecule has 0 aliphatic carbocycles. The van der Waals surface area contributed by atoms with Crippen molar-refractivity contribution in [1.82, 2.24) is 15.6 Å². The summed E-state index contributed by atoms with van der Waals surface area (Å²) in [5.41, 5.74) is 1.02. The summed E-state index contributed by atoms with van der Waals surface area (Å²) in [6, 6.07) is 7.92. The number of amides is 1. The SMILES string of the molecule is CC(C)CNC(=O)C(C)NC(C)c1nc2ccccc2s1. The topological polar surface area (TPSA) is 54.0 Å². The number of carbonyl (C=O) groups is 1. The highest BCUT2D eigenvalue weighted by molar-refractivity contribution is 7.18. The molecule has 1 heterocycles. The number of benzene rings is 1. The number of thiazole rings is 1. The fourth-order valence-electron chi connectivity index (χ4n) is 2.06. The predicted molar refractivity (Wildman–Crippen MR) is 88.5 cm³/mol. The van der Waals surface area contributed by atoms with Crippen LogP contribution in [-0.4, -0.2) is 23.5 Å². The first-order chi connectivity index (χ1) is 9.97. The molecule has 2 aromatic rings. The predicted octanol–water partition coefficient (Wildman–Crippen LogP) is 3.11. The summed E-state index contributed by atoms with van der Waals surface area (Å²) in [6.45, 7) is 8.81. The van der Waals surface area contributed by atoms with Crippen molar-refractivity contribution in [3.05, 3.63) is 29.3 Å². The minimum Gasteiger partial charge on any atom is -0.354 e. The van der Waals surface area contributed by atoms with E-state index in [1.165, 1.54) is 4.70 Å². The van der Waals surface area contributed by atoms with Gasteiger partial charge in [-0.2, -0.15) is 0 Å². The van der Waals surface area contributed by atoms with E-state index in [0.717, 1.165) is 10.5 Å². The zero-order valence-electron chi connectivity index (χ0n) is 13.0. The summed E-state index contributed by atoms with van der Waals surface area (Å²) in [7, 11) is 0. The smallest absolute Gasteiger partial charge is 0.236 e. The molecule has 1 amide bonds. The van der Waals surface area contributed by atoms with Crippen LogP contribution < -0.4 is 10.6 Å². The zero-order valence-corrected chi connectivity index (χ0v) is 13.8. The number of rotatable bonds is 6. The van der Waals surface area contributed by atoms with Gasteiger partial charge in [-0.15, -0.1) is 11.3 Å². The summed E-state index contributed by atoms with van der Waals surface area (Å²) in [5, 5.41) is 7.28. The van der Waals surface area contributed by atoms with Crippen LogP contribution in [0.15, 0.2) is 24.3 Å². The molecule has 0 aliphatic rings. The van der Waals surface area contributed by atoms with Gasteiger partial charge in [0.1, 0.15) is 5.01 Å². The maximum absolute atomic E-state index is 12.0. The van der Waals surface area contributed by atoms with Crippen LogP contribution >= 0.6 is 11.3 Å². The highest BCUT2D eigenvalue weighted by atomic mass is 32.1. The monoisotopic (exact) mass is 305 g/mol. The highest BCUT2D eigenvalue weighted by Crippen LogP contribution is 2.26.